The van der Waals surface area contributed by atoms with Crippen LogP contribution in [0.3, 0.4) is 0 Å². The monoisotopic (exact) mass is 358 g/mol. The van der Waals surface area contributed by atoms with Gasteiger partial charge >= 0.3 is 5.97 Å². The van der Waals surface area contributed by atoms with Gasteiger partial charge < -0.3 is 4.74 Å². The molecule has 0 bridgehead atoms. The summed E-state index contributed by atoms with van der Waals surface area (Å²) in [6.45, 7) is 6.29. The predicted molar refractivity (Wildman–Crippen MR) is 98.4 cm³/mol. The van der Waals surface area contributed by atoms with E-state index in [2.05, 4.69) is 23.8 Å². The molecule has 3 aromatic rings. The van der Waals surface area contributed by atoms with Gasteiger partial charge in [-0.15, -0.1) is 11.3 Å². The summed E-state index contributed by atoms with van der Waals surface area (Å²) in [5.41, 5.74) is 2.17. The van der Waals surface area contributed by atoms with Crippen molar-refractivity contribution in [3.63, 3.8) is 0 Å². The summed E-state index contributed by atoms with van der Waals surface area (Å²) in [5, 5.41) is 1.56. The van der Waals surface area contributed by atoms with Crippen molar-refractivity contribution in [3.8, 4) is 0 Å². The highest BCUT2D eigenvalue weighted by molar-refractivity contribution is 8.00. The van der Waals surface area contributed by atoms with Crippen LogP contribution in [0, 0.1) is 13.8 Å². The average Bonchev–Trinajstić information content (AvgIpc) is 2.89. The first-order valence-electron chi connectivity index (χ1n) is 7.64. The number of aromatic nitrogens is 2. The second kappa shape index (κ2) is 7.32. The maximum atomic E-state index is 12.3. The van der Waals surface area contributed by atoms with Crippen LogP contribution in [0.5, 0.6) is 0 Å². The Morgan fingerprint density at radius 1 is 1.25 bits per heavy atom. The topological polar surface area (TPSA) is 52.1 Å². The minimum absolute atomic E-state index is 0.236. The van der Waals surface area contributed by atoms with Gasteiger partial charge in [-0.25, -0.2) is 9.97 Å². The van der Waals surface area contributed by atoms with Crippen LogP contribution in [-0.4, -0.2) is 21.2 Å². The number of nitrogens with zero attached hydrogens (tertiary/aromatic N) is 2. The lowest BCUT2D eigenvalue weighted by Crippen LogP contribution is -2.17. The summed E-state index contributed by atoms with van der Waals surface area (Å²) in [5.74, 6) is -0.236. The van der Waals surface area contributed by atoms with Gasteiger partial charge in [0.15, 0.2) is 0 Å². The van der Waals surface area contributed by atoms with Gasteiger partial charge in [0, 0.05) is 10.3 Å². The van der Waals surface area contributed by atoms with Crippen molar-refractivity contribution >= 4 is 39.3 Å². The molecule has 1 aromatic carbocycles. The lowest BCUT2D eigenvalue weighted by atomic mass is 10.2. The molecule has 0 amide bonds. The van der Waals surface area contributed by atoms with Gasteiger partial charge in [-0.3, -0.25) is 4.79 Å². The summed E-state index contributed by atoms with van der Waals surface area (Å²) >= 11 is 3.08. The van der Waals surface area contributed by atoms with Crippen molar-refractivity contribution in [1.29, 1.82) is 0 Å². The SMILES string of the molecule is Cc1sc2ncnc(SC(C)C(=O)OCc3ccccc3)c2c1C. The van der Waals surface area contributed by atoms with E-state index in [4.69, 9.17) is 4.74 Å². The number of carbonyl (C=O) groups excluding carboxylic acids is 1. The smallest absolute Gasteiger partial charge is 0.319 e. The Kier molecular flexibility index (Phi) is 5.16. The lowest BCUT2D eigenvalue weighted by Gasteiger charge is -2.11. The van der Waals surface area contributed by atoms with Gasteiger partial charge in [0.05, 0.1) is 0 Å². The number of hydrogen-bond donors (Lipinski definition) is 0. The van der Waals surface area contributed by atoms with E-state index in [1.165, 1.54) is 22.2 Å². The average molecular weight is 358 g/mol. The Labute approximate surface area is 149 Å². The summed E-state index contributed by atoms with van der Waals surface area (Å²) in [7, 11) is 0. The Hall–Kier alpha value is -1.92. The van der Waals surface area contributed by atoms with Gasteiger partial charge in [0.1, 0.15) is 28.0 Å². The van der Waals surface area contributed by atoms with E-state index < -0.39 is 0 Å². The minimum atomic E-state index is -0.327. The third-order valence-corrected chi connectivity index (χ3v) is 5.97. The number of aryl methyl sites for hydroxylation is 2. The van der Waals surface area contributed by atoms with E-state index in [-0.39, 0.29) is 11.2 Å². The molecule has 1 atom stereocenters. The van der Waals surface area contributed by atoms with Crippen LogP contribution in [0.25, 0.3) is 10.2 Å². The first-order chi connectivity index (χ1) is 11.6. The highest BCUT2D eigenvalue weighted by Gasteiger charge is 2.20. The number of thiophene rings is 1. The molecule has 24 heavy (non-hydrogen) atoms. The Balaban J connectivity index is 1.70. The fourth-order valence-electron chi connectivity index (χ4n) is 2.30. The van der Waals surface area contributed by atoms with E-state index in [0.717, 1.165) is 20.8 Å². The second-order valence-corrected chi connectivity index (χ2v) is 8.03. The third-order valence-electron chi connectivity index (χ3n) is 3.77. The highest BCUT2D eigenvalue weighted by Crippen LogP contribution is 2.36. The molecule has 0 aliphatic rings. The van der Waals surface area contributed by atoms with E-state index in [1.807, 2.05) is 37.3 Å². The van der Waals surface area contributed by atoms with Crippen LogP contribution in [0.4, 0.5) is 0 Å². The zero-order valence-electron chi connectivity index (χ0n) is 13.8. The summed E-state index contributed by atoms with van der Waals surface area (Å²) in [4.78, 5) is 23.2. The molecule has 4 nitrogen and oxygen atoms in total. The van der Waals surface area contributed by atoms with E-state index in [9.17, 15) is 4.79 Å². The van der Waals surface area contributed by atoms with Crippen molar-refractivity contribution in [3.05, 3.63) is 52.7 Å². The molecule has 0 saturated carbocycles. The number of benzene rings is 1. The van der Waals surface area contributed by atoms with Crippen molar-refractivity contribution < 1.29 is 9.53 Å². The first kappa shape index (κ1) is 16.9. The normalized spacial score (nSPS) is 12.3. The van der Waals surface area contributed by atoms with Crippen LogP contribution >= 0.6 is 23.1 Å². The molecular formula is C18H18N2O2S2. The second-order valence-electron chi connectivity index (χ2n) is 5.50. The molecule has 6 heteroatoms. The molecule has 0 aliphatic carbocycles. The van der Waals surface area contributed by atoms with Crippen molar-refractivity contribution in [1.82, 2.24) is 9.97 Å². The van der Waals surface area contributed by atoms with Crippen molar-refractivity contribution in [2.45, 2.75) is 37.7 Å². The zero-order valence-corrected chi connectivity index (χ0v) is 15.4. The maximum Gasteiger partial charge on any atom is 0.319 e. The molecule has 3 rings (SSSR count). The summed E-state index contributed by atoms with van der Waals surface area (Å²) in [6, 6.07) is 9.68. The molecule has 1 unspecified atom stereocenters. The fourth-order valence-corrected chi connectivity index (χ4v) is 4.34. The van der Waals surface area contributed by atoms with Crippen LogP contribution < -0.4 is 0 Å². The standard InChI is InChI=1S/C18H18N2O2S2/c1-11-12(2)23-16-15(11)17(20-10-19-16)24-13(3)18(21)22-9-14-7-5-4-6-8-14/h4-8,10,13H,9H2,1-3H3. The number of thioether (sulfide) groups is 1. The molecule has 0 radical (unpaired) electrons. The van der Waals surface area contributed by atoms with Crippen LogP contribution in [-0.2, 0) is 16.1 Å². The summed E-state index contributed by atoms with van der Waals surface area (Å²) < 4.78 is 5.41. The number of ether oxygens (including phenoxy) is 1. The molecule has 0 aliphatic heterocycles. The van der Waals surface area contributed by atoms with E-state index in [1.54, 1.807) is 17.7 Å². The number of carbonyl (C=O) groups is 1. The Morgan fingerprint density at radius 2 is 2.00 bits per heavy atom. The fraction of sp³-hybridized carbons (Fsp3) is 0.278. The first-order valence-corrected chi connectivity index (χ1v) is 9.34. The number of fused-ring (bicyclic) bond motifs is 1. The van der Waals surface area contributed by atoms with Crippen molar-refractivity contribution in [2.75, 3.05) is 0 Å². The lowest BCUT2D eigenvalue weighted by molar-refractivity contribution is -0.143. The Bertz CT molecular complexity index is 862. The molecule has 2 aromatic heterocycles. The van der Waals surface area contributed by atoms with E-state index >= 15 is 0 Å². The van der Waals surface area contributed by atoms with Gasteiger partial charge in [-0.1, -0.05) is 42.1 Å². The van der Waals surface area contributed by atoms with E-state index in [0.29, 0.717) is 6.61 Å². The molecular weight excluding hydrogens is 340 g/mol. The van der Waals surface area contributed by atoms with Crippen LogP contribution in [0.15, 0.2) is 41.7 Å². The van der Waals surface area contributed by atoms with Crippen LogP contribution in [0.1, 0.15) is 22.9 Å². The number of rotatable bonds is 5. The van der Waals surface area contributed by atoms with Crippen molar-refractivity contribution in [2.24, 2.45) is 0 Å². The van der Waals surface area contributed by atoms with Gasteiger partial charge in [0.2, 0.25) is 0 Å². The molecule has 0 saturated heterocycles. The molecule has 2 heterocycles. The zero-order chi connectivity index (χ0) is 17.1. The van der Waals surface area contributed by atoms with Crippen LogP contribution in [0.2, 0.25) is 0 Å². The predicted octanol–water partition coefficient (Wildman–Crippen LogP) is 4.53. The number of esters is 1. The van der Waals surface area contributed by atoms with Gasteiger partial charge in [-0.2, -0.15) is 0 Å². The quantitative estimate of drug-likeness (QED) is 0.381. The van der Waals surface area contributed by atoms with Gasteiger partial charge in [0.25, 0.3) is 0 Å². The minimum Gasteiger partial charge on any atom is -0.460 e. The molecule has 0 spiro atoms. The van der Waals surface area contributed by atoms with Gasteiger partial charge in [-0.05, 0) is 31.9 Å². The maximum absolute atomic E-state index is 12.3. The number of hydrogen-bond acceptors (Lipinski definition) is 6. The molecule has 0 fully saturated rings. The Morgan fingerprint density at radius 3 is 2.75 bits per heavy atom. The largest absolute Gasteiger partial charge is 0.460 e. The molecule has 124 valence electrons. The third kappa shape index (κ3) is 3.60. The highest BCUT2D eigenvalue weighted by atomic mass is 32.2. The summed E-state index contributed by atoms with van der Waals surface area (Å²) in [6.07, 6.45) is 1.56. The molecule has 0 N–H and O–H groups in total.